The summed E-state index contributed by atoms with van der Waals surface area (Å²) in [6, 6.07) is 10.3. The molecule has 0 aliphatic carbocycles. The van der Waals surface area contributed by atoms with Crippen LogP contribution in [0, 0.1) is 10.1 Å². The van der Waals surface area contributed by atoms with Gasteiger partial charge in [0.15, 0.2) is 5.76 Å². The number of carbonyl (C=O) groups excluding carboxylic acids is 1. The Morgan fingerprint density at radius 1 is 1.32 bits per heavy atom. The van der Waals surface area contributed by atoms with Crippen LogP contribution >= 0.6 is 0 Å². The third kappa shape index (κ3) is 3.27. The Balaban J connectivity index is 1.81. The molecule has 0 aliphatic rings. The first-order chi connectivity index (χ1) is 12.0. The summed E-state index contributed by atoms with van der Waals surface area (Å²) in [4.78, 5) is 25.5. The van der Waals surface area contributed by atoms with Crippen molar-refractivity contribution in [2.75, 3.05) is 0 Å². The normalized spacial score (nSPS) is 11.5. The highest BCUT2D eigenvalue weighted by atomic mass is 16.6. The van der Waals surface area contributed by atoms with E-state index in [-0.39, 0.29) is 17.6 Å². The summed E-state index contributed by atoms with van der Waals surface area (Å²) >= 11 is 0. The molecule has 0 bridgehead atoms. The van der Waals surface area contributed by atoms with E-state index < -0.39 is 10.8 Å². The third-order valence-electron chi connectivity index (χ3n) is 3.70. The number of para-hydroxylation sites is 1. The van der Waals surface area contributed by atoms with E-state index in [2.05, 4.69) is 15.5 Å². The molecular formula is C17H16N4O4. The number of benzene rings is 1. The molecular weight excluding hydrogens is 324 g/mol. The molecule has 0 spiro atoms. The highest BCUT2D eigenvalue weighted by Gasteiger charge is 2.19. The van der Waals surface area contributed by atoms with E-state index >= 15 is 0 Å². The summed E-state index contributed by atoms with van der Waals surface area (Å²) in [5.74, 6) is -0.455. The standard InChI is InChI=1S/C17H16N4O4/c1-10(2)15-12-5-3-4-6-13(12)19-16(15)17(22)20-18-9-11-7-8-14(25-11)21(23)24/h3-10,19H,1-2H3,(H,20,22). The zero-order valence-electron chi connectivity index (χ0n) is 13.6. The van der Waals surface area contributed by atoms with Crippen molar-refractivity contribution in [3.63, 3.8) is 0 Å². The van der Waals surface area contributed by atoms with Crippen molar-refractivity contribution < 1.29 is 14.1 Å². The smallest absolute Gasteiger partial charge is 0.400 e. The highest BCUT2D eigenvalue weighted by molar-refractivity contribution is 6.01. The van der Waals surface area contributed by atoms with Crippen LogP contribution in [0.3, 0.4) is 0 Å². The third-order valence-corrected chi connectivity index (χ3v) is 3.70. The van der Waals surface area contributed by atoms with Crippen LogP contribution in [0.25, 0.3) is 10.9 Å². The minimum Gasteiger partial charge on any atom is -0.400 e. The number of hydrogen-bond acceptors (Lipinski definition) is 5. The predicted octanol–water partition coefficient (Wildman–Crippen LogP) is 3.56. The lowest BCUT2D eigenvalue weighted by Crippen LogP contribution is -2.19. The largest absolute Gasteiger partial charge is 0.433 e. The number of H-pyrrole nitrogens is 1. The number of hydrazone groups is 1. The van der Waals surface area contributed by atoms with Crippen LogP contribution < -0.4 is 5.43 Å². The Kier molecular flexibility index (Phi) is 4.34. The molecule has 8 heteroatoms. The summed E-state index contributed by atoms with van der Waals surface area (Å²) in [6.45, 7) is 4.02. The second-order valence-electron chi connectivity index (χ2n) is 5.75. The molecule has 0 saturated carbocycles. The number of fused-ring (bicyclic) bond motifs is 1. The molecule has 3 aromatic rings. The average Bonchev–Trinajstić information content (AvgIpc) is 3.19. The molecule has 1 aromatic carbocycles. The number of nitrogens with zero attached hydrogens (tertiary/aromatic N) is 2. The number of aromatic amines is 1. The Hall–Kier alpha value is -3.42. The van der Waals surface area contributed by atoms with Gasteiger partial charge in [0.05, 0.1) is 12.3 Å². The first kappa shape index (κ1) is 16.4. The molecule has 128 valence electrons. The second kappa shape index (κ2) is 6.60. The Morgan fingerprint density at radius 3 is 2.76 bits per heavy atom. The fraction of sp³-hybridized carbons (Fsp3) is 0.176. The van der Waals surface area contributed by atoms with Crippen molar-refractivity contribution in [1.82, 2.24) is 10.4 Å². The number of nitro groups is 1. The zero-order valence-corrected chi connectivity index (χ0v) is 13.6. The summed E-state index contributed by atoms with van der Waals surface area (Å²) < 4.78 is 4.94. The van der Waals surface area contributed by atoms with Crippen LogP contribution in [0.2, 0.25) is 0 Å². The van der Waals surface area contributed by atoms with Crippen molar-refractivity contribution in [1.29, 1.82) is 0 Å². The number of rotatable bonds is 5. The van der Waals surface area contributed by atoms with E-state index in [4.69, 9.17) is 4.42 Å². The van der Waals surface area contributed by atoms with Gasteiger partial charge in [0.2, 0.25) is 0 Å². The number of aromatic nitrogens is 1. The molecule has 1 amide bonds. The van der Waals surface area contributed by atoms with Crippen molar-refractivity contribution >= 4 is 28.9 Å². The lowest BCUT2D eigenvalue weighted by atomic mass is 9.99. The topological polar surface area (TPSA) is 114 Å². The van der Waals surface area contributed by atoms with Crippen molar-refractivity contribution in [2.24, 2.45) is 5.10 Å². The molecule has 0 aliphatic heterocycles. The van der Waals surface area contributed by atoms with E-state index in [1.165, 1.54) is 18.3 Å². The predicted molar refractivity (Wildman–Crippen MR) is 92.8 cm³/mol. The molecule has 2 N–H and O–H groups in total. The monoisotopic (exact) mass is 340 g/mol. The van der Waals surface area contributed by atoms with Gasteiger partial charge >= 0.3 is 5.88 Å². The van der Waals surface area contributed by atoms with Crippen molar-refractivity contribution in [3.8, 4) is 0 Å². The maximum Gasteiger partial charge on any atom is 0.433 e. The Morgan fingerprint density at radius 2 is 2.08 bits per heavy atom. The van der Waals surface area contributed by atoms with E-state index in [0.29, 0.717) is 5.69 Å². The van der Waals surface area contributed by atoms with Crippen LogP contribution in [0.4, 0.5) is 5.88 Å². The number of amides is 1. The quantitative estimate of drug-likeness (QED) is 0.420. The maximum absolute atomic E-state index is 12.4. The van der Waals surface area contributed by atoms with E-state index in [9.17, 15) is 14.9 Å². The number of carbonyl (C=O) groups is 1. The van der Waals surface area contributed by atoms with Crippen LogP contribution in [-0.2, 0) is 0 Å². The fourth-order valence-corrected chi connectivity index (χ4v) is 2.66. The van der Waals surface area contributed by atoms with Crippen LogP contribution in [0.1, 0.15) is 41.6 Å². The van der Waals surface area contributed by atoms with E-state index in [0.717, 1.165) is 16.5 Å². The fourth-order valence-electron chi connectivity index (χ4n) is 2.66. The lowest BCUT2D eigenvalue weighted by Gasteiger charge is -2.06. The van der Waals surface area contributed by atoms with Crippen LogP contribution in [-0.4, -0.2) is 22.0 Å². The molecule has 0 unspecified atom stereocenters. The summed E-state index contributed by atoms with van der Waals surface area (Å²) in [5.41, 5.74) is 4.65. The van der Waals surface area contributed by atoms with Gasteiger partial charge in [-0.15, -0.1) is 0 Å². The molecule has 0 fully saturated rings. The zero-order chi connectivity index (χ0) is 18.0. The van der Waals surface area contributed by atoms with Gasteiger partial charge in [0.25, 0.3) is 5.91 Å². The second-order valence-corrected chi connectivity index (χ2v) is 5.75. The van der Waals surface area contributed by atoms with Crippen molar-refractivity contribution in [3.05, 3.63) is 63.5 Å². The summed E-state index contributed by atoms with van der Waals surface area (Å²) in [5, 5.41) is 15.4. The maximum atomic E-state index is 12.4. The van der Waals surface area contributed by atoms with Gasteiger partial charge in [-0.3, -0.25) is 14.9 Å². The lowest BCUT2D eigenvalue weighted by molar-refractivity contribution is -0.402. The molecule has 0 saturated heterocycles. The van der Waals surface area contributed by atoms with Crippen molar-refractivity contribution in [2.45, 2.75) is 19.8 Å². The number of furan rings is 1. The Labute approximate surface area is 142 Å². The Bertz CT molecular complexity index is 968. The minimum atomic E-state index is -0.644. The van der Waals surface area contributed by atoms with E-state index in [1.807, 2.05) is 38.1 Å². The first-order valence-corrected chi connectivity index (χ1v) is 7.65. The average molecular weight is 340 g/mol. The summed E-state index contributed by atoms with van der Waals surface area (Å²) in [7, 11) is 0. The van der Waals surface area contributed by atoms with Gasteiger partial charge in [-0.2, -0.15) is 5.10 Å². The van der Waals surface area contributed by atoms with Gasteiger partial charge in [-0.05, 0) is 23.6 Å². The molecule has 8 nitrogen and oxygen atoms in total. The van der Waals surface area contributed by atoms with Gasteiger partial charge < -0.3 is 9.40 Å². The van der Waals surface area contributed by atoms with Crippen LogP contribution in [0.15, 0.2) is 45.9 Å². The molecule has 0 atom stereocenters. The molecule has 25 heavy (non-hydrogen) atoms. The molecule has 2 heterocycles. The SMILES string of the molecule is CC(C)c1c(C(=O)NN=Cc2ccc([N+](=O)[O-])o2)[nH]c2ccccc12. The highest BCUT2D eigenvalue weighted by Crippen LogP contribution is 2.29. The minimum absolute atomic E-state index is 0.147. The van der Waals surface area contributed by atoms with Crippen LogP contribution in [0.5, 0.6) is 0 Å². The molecule has 0 radical (unpaired) electrons. The summed E-state index contributed by atoms with van der Waals surface area (Å²) in [6.07, 6.45) is 1.21. The van der Waals surface area contributed by atoms with Gasteiger partial charge in [0.1, 0.15) is 10.6 Å². The molecule has 2 aromatic heterocycles. The van der Waals surface area contributed by atoms with Gasteiger partial charge in [-0.25, -0.2) is 5.43 Å². The van der Waals surface area contributed by atoms with E-state index in [1.54, 1.807) is 0 Å². The van der Waals surface area contributed by atoms with Gasteiger partial charge in [0, 0.05) is 10.9 Å². The number of hydrogen-bond donors (Lipinski definition) is 2. The first-order valence-electron chi connectivity index (χ1n) is 7.65. The number of nitrogens with one attached hydrogen (secondary N) is 2. The molecule has 3 rings (SSSR count). The van der Waals surface area contributed by atoms with Gasteiger partial charge in [-0.1, -0.05) is 32.0 Å².